The Morgan fingerprint density at radius 1 is 1.34 bits per heavy atom. The van der Waals surface area contributed by atoms with Crippen molar-refractivity contribution in [2.24, 2.45) is 5.41 Å². The molecule has 3 heterocycles. The maximum atomic E-state index is 14.7. The number of hydrogen-bond acceptors (Lipinski definition) is 6. The maximum Gasteiger partial charge on any atom is 0.239 e. The molecule has 2 atom stereocenters. The van der Waals surface area contributed by atoms with Crippen LogP contribution in [0.1, 0.15) is 25.7 Å². The summed E-state index contributed by atoms with van der Waals surface area (Å²) < 4.78 is 43.1. The van der Waals surface area contributed by atoms with Gasteiger partial charge in [-0.25, -0.2) is 22.8 Å². The minimum atomic E-state index is -2.58. The van der Waals surface area contributed by atoms with Crippen LogP contribution in [-0.2, 0) is 4.79 Å². The molecule has 1 fully saturated rings. The zero-order valence-electron chi connectivity index (χ0n) is 18.6. The normalized spacial score (nSPS) is 20.1. The van der Waals surface area contributed by atoms with Crippen molar-refractivity contribution < 1.29 is 18.0 Å². The summed E-state index contributed by atoms with van der Waals surface area (Å²) in [6.07, 6.45) is 1.13. The van der Waals surface area contributed by atoms with Crippen LogP contribution in [0.3, 0.4) is 0 Å². The molecule has 1 aliphatic carbocycles. The Kier molecular flexibility index (Phi) is 6.07. The highest BCUT2D eigenvalue weighted by atomic mass is 79.9. The molecule has 1 aromatic carbocycles. The fourth-order valence-electron chi connectivity index (χ4n) is 4.85. The second-order valence-electron chi connectivity index (χ2n) is 8.67. The first-order valence-corrected chi connectivity index (χ1v) is 11.8. The minimum Gasteiger partial charge on any atom is -0.359 e. The monoisotopic (exact) mass is 547 g/mol. The molecule has 12 heteroatoms. The summed E-state index contributed by atoms with van der Waals surface area (Å²) in [5.74, 6) is -0.599. The highest BCUT2D eigenvalue weighted by molar-refractivity contribution is 9.10. The SMILES string of the molecule is CNC(=O)[C@]1(CC(F)F)CC[C@@H](Nc2ncc3c(Br)nn(-c4cc(F)c5ncccc5c4)c3n2)C1. The van der Waals surface area contributed by atoms with Crippen molar-refractivity contribution in [3.8, 4) is 5.69 Å². The average Bonchev–Trinajstić information content (AvgIpc) is 3.39. The maximum absolute atomic E-state index is 14.7. The quantitative estimate of drug-likeness (QED) is 0.365. The van der Waals surface area contributed by atoms with Gasteiger partial charge in [0.25, 0.3) is 0 Å². The van der Waals surface area contributed by atoms with E-state index in [-0.39, 0.29) is 29.8 Å². The number of benzene rings is 1. The van der Waals surface area contributed by atoms with Gasteiger partial charge in [0.2, 0.25) is 18.3 Å². The Balaban J connectivity index is 1.47. The number of carbonyl (C=O) groups is 1. The Hall–Kier alpha value is -3.28. The molecule has 0 saturated heterocycles. The van der Waals surface area contributed by atoms with Crippen molar-refractivity contribution in [1.82, 2.24) is 30.0 Å². The van der Waals surface area contributed by atoms with Crippen molar-refractivity contribution in [2.45, 2.75) is 38.2 Å². The number of halogens is 4. The molecule has 4 aromatic rings. The summed E-state index contributed by atoms with van der Waals surface area (Å²) in [6, 6.07) is 6.32. The van der Waals surface area contributed by atoms with Crippen molar-refractivity contribution in [1.29, 1.82) is 0 Å². The van der Waals surface area contributed by atoms with E-state index in [1.165, 1.54) is 24.0 Å². The molecular weight excluding hydrogens is 527 g/mol. The van der Waals surface area contributed by atoms with E-state index < -0.39 is 24.1 Å². The Bertz CT molecular complexity index is 1430. The summed E-state index contributed by atoms with van der Waals surface area (Å²) >= 11 is 3.40. The summed E-state index contributed by atoms with van der Waals surface area (Å²) in [4.78, 5) is 25.4. The molecule has 182 valence electrons. The van der Waals surface area contributed by atoms with Crippen LogP contribution >= 0.6 is 15.9 Å². The summed E-state index contributed by atoms with van der Waals surface area (Å²) in [5, 5.41) is 11.4. The zero-order chi connectivity index (χ0) is 24.7. The summed E-state index contributed by atoms with van der Waals surface area (Å²) in [5.41, 5.74) is 0.0138. The second kappa shape index (κ2) is 9.06. The number of aromatic nitrogens is 5. The van der Waals surface area contributed by atoms with E-state index in [1.54, 1.807) is 24.4 Å². The van der Waals surface area contributed by atoms with Crippen LogP contribution in [0.4, 0.5) is 19.1 Å². The number of rotatable bonds is 6. The number of nitrogens with zero attached hydrogens (tertiary/aromatic N) is 5. The topological polar surface area (TPSA) is 97.6 Å². The molecular formula is C23H21BrF3N7O. The zero-order valence-corrected chi connectivity index (χ0v) is 20.2. The predicted molar refractivity (Wildman–Crippen MR) is 128 cm³/mol. The highest BCUT2D eigenvalue weighted by Crippen LogP contribution is 2.44. The largest absolute Gasteiger partial charge is 0.359 e. The van der Waals surface area contributed by atoms with Gasteiger partial charge in [-0.1, -0.05) is 6.07 Å². The number of hydrogen-bond donors (Lipinski definition) is 2. The van der Waals surface area contributed by atoms with Crippen molar-refractivity contribution in [3.05, 3.63) is 47.1 Å². The van der Waals surface area contributed by atoms with Crippen LogP contribution < -0.4 is 10.6 Å². The van der Waals surface area contributed by atoms with Gasteiger partial charge in [0.1, 0.15) is 10.1 Å². The van der Waals surface area contributed by atoms with Crippen LogP contribution in [0.5, 0.6) is 0 Å². The molecule has 0 bridgehead atoms. The number of alkyl halides is 2. The lowest BCUT2D eigenvalue weighted by Gasteiger charge is -2.27. The lowest BCUT2D eigenvalue weighted by atomic mass is 9.81. The molecule has 2 N–H and O–H groups in total. The van der Waals surface area contributed by atoms with Crippen LogP contribution in [0.15, 0.2) is 41.3 Å². The van der Waals surface area contributed by atoms with Gasteiger partial charge in [-0.05, 0) is 47.3 Å². The van der Waals surface area contributed by atoms with Gasteiger partial charge in [-0.3, -0.25) is 9.78 Å². The summed E-state index contributed by atoms with van der Waals surface area (Å²) in [7, 11) is 1.46. The first kappa shape index (κ1) is 23.5. The number of fused-ring (bicyclic) bond motifs is 2. The number of carbonyl (C=O) groups excluding carboxylic acids is 1. The average molecular weight is 548 g/mol. The van der Waals surface area contributed by atoms with Crippen molar-refractivity contribution >= 4 is 49.7 Å². The van der Waals surface area contributed by atoms with Gasteiger partial charge in [-0.2, -0.15) is 10.1 Å². The molecule has 1 aliphatic rings. The van der Waals surface area contributed by atoms with Gasteiger partial charge < -0.3 is 10.6 Å². The molecule has 5 rings (SSSR count). The van der Waals surface area contributed by atoms with Crippen LogP contribution in [0.2, 0.25) is 0 Å². The molecule has 0 unspecified atom stereocenters. The van der Waals surface area contributed by atoms with Crippen molar-refractivity contribution in [3.63, 3.8) is 0 Å². The molecule has 1 saturated carbocycles. The van der Waals surface area contributed by atoms with E-state index in [2.05, 4.69) is 46.6 Å². The standard InChI is InChI=1S/C23H21BrF3N7O/c1-28-21(35)23(10-17(26)27)5-4-13(9-23)31-22-30-11-15-19(24)33-34(20(15)32-22)14-7-12-3-2-6-29-18(12)16(25)8-14/h2-3,6-8,11,13,17H,4-5,9-10H2,1H3,(H,28,35)(H,30,31,32)/t13-,23-/m1/s1. The molecule has 0 radical (unpaired) electrons. The second-order valence-corrected chi connectivity index (χ2v) is 9.43. The lowest BCUT2D eigenvalue weighted by molar-refractivity contribution is -0.132. The van der Waals surface area contributed by atoms with E-state index >= 15 is 0 Å². The third-order valence-corrected chi connectivity index (χ3v) is 7.05. The molecule has 35 heavy (non-hydrogen) atoms. The number of amides is 1. The fraction of sp³-hybridized carbons (Fsp3) is 0.348. The van der Waals surface area contributed by atoms with Crippen LogP contribution in [0, 0.1) is 11.2 Å². The van der Waals surface area contributed by atoms with Gasteiger partial charge in [0, 0.05) is 43.4 Å². The molecule has 8 nitrogen and oxygen atoms in total. The lowest BCUT2D eigenvalue weighted by Crippen LogP contribution is -2.39. The van der Waals surface area contributed by atoms with Crippen LogP contribution in [-0.4, -0.2) is 50.2 Å². The smallest absolute Gasteiger partial charge is 0.239 e. The van der Waals surface area contributed by atoms with E-state index in [1.807, 2.05) is 0 Å². The highest BCUT2D eigenvalue weighted by Gasteiger charge is 2.46. The van der Waals surface area contributed by atoms with E-state index in [0.29, 0.717) is 39.6 Å². The molecule has 0 aliphatic heterocycles. The van der Waals surface area contributed by atoms with Crippen molar-refractivity contribution in [2.75, 3.05) is 12.4 Å². The van der Waals surface area contributed by atoms with E-state index in [9.17, 15) is 18.0 Å². The molecule has 3 aromatic heterocycles. The van der Waals surface area contributed by atoms with Gasteiger partial charge in [-0.15, -0.1) is 0 Å². The summed E-state index contributed by atoms with van der Waals surface area (Å²) in [6.45, 7) is 0. The molecule has 0 spiro atoms. The first-order chi connectivity index (χ1) is 16.8. The predicted octanol–water partition coefficient (Wildman–Crippen LogP) is 4.62. The van der Waals surface area contributed by atoms with Gasteiger partial charge in [0.15, 0.2) is 11.5 Å². The molecule has 1 amide bonds. The van der Waals surface area contributed by atoms with E-state index in [0.717, 1.165) is 0 Å². The Morgan fingerprint density at radius 3 is 2.94 bits per heavy atom. The first-order valence-electron chi connectivity index (χ1n) is 11.0. The number of nitrogens with one attached hydrogen (secondary N) is 2. The van der Waals surface area contributed by atoms with Gasteiger partial charge >= 0.3 is 0 Å². The Labute approximate surface area is 206 Å². The fourth-order valence-corrected chi connectivity index (χ4v) is 5.29. The third kappa shape index (κ3) is 4.30. The van der Waals surface area contributed by atoms with E-state index in [4.69, 9.17) is 0 Å². The third-order valence-electron chi connectivity index (χ3n) is 6.46. The van der Waals surface area contributed by atoms with Gasteiger partial charge in [0.05, 0.1) is 16.5 Å². The number of pyridine rings is 1. The minimum absolute atomic E-state index is 0.240. The van der Waals surface area contributed by atoms with Crippen LogP contribution in [0.25, 0.3) is 27.6 Å². The number of anilines is 1. The Morgan fingerprint density at radius 2 is 2.17 bits per heavy atom.